The molecule has 1 unspecified atom stereocenters. The molecule has 0 amide bonds. The van der Waals surface area contributed by atoms with Gasteiger partial charge in [0, 0.05) is 4.91 Å². The molecule has 0 radical (unpaired) electrons. The number of allylic oxidation sites excluding steroid dienone is 2. The molecule has 152 valence electrons. The maximum Gasteiger partial charge on any atom is 0.0152 e. The minimum absolute atomic E-state index is 0.701. The molecule has 2 N–H and O–H groups in total. The summed E-state index contributed by atoms with van der Waals surface area (Å²) in [5.74, 6) is 0.701. The van der Waals surface area contributed by atoms with Crippen LogP contribution in [0.15, 0.2) is 47.4 Å². The molecular formula is C27H33NS. The lowest BCUT2D eigenvalue weighted by Crippen LogP contribution is -2.07. The summed E-state index contributed by atoms with van der Waals surface area (Å²) in [4.78, 5) is 1.42. The highest BCUT2D eigenvalue weighted by Crippen LogP contribution is 2.39. The molecule has 1 aliphatic heterocycles. The summed E-state index contributed by atoms with van der Waals surface area (Å²) in [6.45, 7) is 7.55. The SMILES string of the molecule is Cc1cc(CC2=CSC(c3ccc4c(c3)C(C)CCC4)=CC2)c(C)cc1CCN. The Labute approximate surface area is 180 Å². The van der Waals surface area contributed by atoms with Crippen LogP contribution in [0.25, 0.3) is 4.91 Å². The van der Waals surface area contributed by atoms with Gasteiger partial charge in [-0.2, -0.15) is 0 Å². The molecule has 0 saturated carbocycles. The summed E-state index contributed by atoms with van der Waals surface area (Å²) in [5.41, 5.74) is 17.4. The molecule has 29 heavy (non-hydrogen) atoms. The van der Waals surface area contributed by atoms with Crippen molar-refractivity contribution in [2.45, 2.75) is 65.2 Å². The van der Waals surface area contributed by atoms with Crippen molar-refractivity contribution in [3.8, 4) is 0 Å². The first-order valence-electron chi connectivity index (χ1n) is 11.0. The Morgan fingerprint density at radius 3 is 2.62 bits per heavy atom. The molecule has 0 bridgehead atoms. The average molecular weight is 404 g/mol. The molecule has 2 heteroatoms. The maximum absolute atomic E-state index is 5.75. The molecule has 0 spiro atoms. The van der Waals surface area contributed by atoms with Gasteiger partial charge in [0.25, 0.3) is 0 Å². The number of aryl methyl sites for hydroxylation is 3. The zero-order chi connectivity index (χ0) is 20.4. The normalized spacial score (nSPS) is 18.8. The number of hydrogen-bond donors (Lipinski definition) is 1. The molecule has 2 aliphatic rings. The van der Waals surface area contributed by atoms with E-state index in [1.165, 1.54) is 57.6 Å². The Balaban J connectivity index is 1.46. The minimum atomic E-state index is 0.701. The van der Waals surface area contributed by atoms with Crippen LogP contribution in [0.3, 0.4) is 0 Å². The van der Waals surface area contributed by atoms with E-state index in [4.69, 9.17) is 5.73 Å². The predicted molar refractivity (Wildman–Crippen MR) is 128 cm³/mol. The van der Waals surface area contributed by atoms with Crippen molar-refractivity contribution in [2.24, 2.45) is 5.73 Å². The molecule has 0 fully saturated rings. The van der Waals surface area contributed by atoms with Gasteiger partial charge in [-0.1, -0.05) is 60.7 Å². The van der Waals surface area contributed by atoms with Crippen molar-refractivity contribution < 1.29 is 0 Å². The van der Waals surface area contributed by atoms with Crippen molar-refractivity contribution in [1.29, 1.82) is 0 Å². The van der Waals surface area contributed by atoms with Gasteiger partial charge in [0.1, 0.15) is 0 Å². The fraction of sp³-hybridized carbons (Fsp3) is 0.407. The van der Waals surface area contributed by atoms with E-state index >= 15 is 0 Å². The Morgan fingerprint density at radius 1 is 1.07 bits per heavy atom. The van der Waals surface area contributed by atoms with Gasteiger partial charge in [-0.15, -0.1) is 0 Å². The van der Waals surface area contributed by atoms with E-state index in [0.29, 0.717) is 5.92 Å². The van der Waals surface area contributed by atoms with Gasteiger partial charge in [0.05, 0.1) is 0 Å². The fourth-order valence-electron chi connectivity index (χ4n) is 4.75. The van der Waals surface area contributed by atoms with E-state index in [0.717, 1.165) is 25.8 Å². The van der Waals surface area contributed by atoms with Crippen LogP contribution in [-0.4, -0.2) is 6.54 Å². The third kappa shape index (κ3) is 4.54. The second-order valence-corrected chi connectivity index (χ2v) is 9.71. The highest BCUT2D eigenvalue weighted by atomic mass is 32.2. The van der Waals surface area contributed by atoms with Crippen molar-refractivity contribution in [3.63, 3.8) is 0 Å². The Bertz CT molecular complexity index is 967. The predicted octanol–water partition coefficient (Wildman–Crippen LogP) is 6.85. The van der Waals surface area contributed by atoms with Crippen LogP contribution in [0.5, 0.6) is 0 Å². The first kappa shape index (κ1) is 20.5. The Kier molecular flexibility index (Phi) is 6.32. The minimum Gasteiger partial charge on any atom is -0.330 e. The van der Waals surface area contributed by atoms with Gasteiger partial charge in [0.15, 0.2) is 0 Å². The first-order valence-corrected chi connectivity index (χ1v) is 11.9. The summed E-state index contributed by atoms with van der Waals surface area (Å²) >= 11 is 1.90. The van der Waals surface area contributed by atoms with Gasteiger partial charge in [0.2, 0.25) is 0 Å². The van der Waals surface area contributed by atoms with Gasteiger partial charge >= 0.3 is 0 Å². The number of rotatable bonds is 5. The standard InChI is InChI=1S/C27H33NS/c1-18-5-4-6-22-8-9-24(16-26(18)22)27-10-7-21(17-29-27)15-25-14-19(2)23(11-12-28)13-20(25)3/h8-10,13-14,16-18H,4-7,11-12,15,28H2,1-3H3. The lowest BCUT2D eigenvalue weighted by molar-refractivity contribution is 0.590. The number of benzene rings is 2. The number of hydrogen-bond acceptors (Lipinski definition) is 2. The lowest BCUT2D eigenvalue weighted by atomic mass is 9.83. The van der Waals surface area contributed by atoms with Crippen molar-refractivity contribution in [1.82, 2.24) is 0 Å². The van der Waals surface area contributed by atoms with Crippen LogP contribution < -0.4 is 5.73 Å². The lowest BCUT2D eigenvalue weighted by Gasteiger charge is -2.24. The van der Waals surface area contributed by atoms with E-state index in [9.17, 15) is 0 Å². The van der Waals surface area contributed by atoms with Crippen LogP contribution in [0.2, 0.25) is 0 Å². The van der Waals surface area contributed by atoms with Crippen molar-refractivity contribution in [3.05, 3.63) is 86.3 Å². The summed E-state index contributed by atoms with van der Waals surface area (Å²) < 4.78 is 0. The maximum atomic E-state index is 5.75. The van der Waals surface area contributed by atoms with E-state index in [1.807, 2.05) is 11.8 Å². The highest BCUT2D eigenvalue weighted by molar-refractivity contribution is 8.11. The quantitative estimate of drug-likeness (QED) is 0.591. The third-order valence-electron chi connectivity index (χ3n) is 6.57. The summed E-state index contributed by atoms with van der Waals surface area (Å²) in [6, 6.07) is 11.9. The molecule has 0 saturated heterocycles. The molecule has 0 aromatic heterocycles. The van der Waals surface area contributed by atoms with E-state index in [1.54, 1.807) is 11.1 Å². The molecule has 1 atom stereocenters. The monoisotopic (exact) mass is 403 g/mol. The topological polar surface area (TPSA) is 26.0 Å². The molecule has 1 aliphatic carbocycles. The van der Waals surface area contributed by atoms with E-state index < -0.39 is 0 Å². The smallest absolute Gasteiger partial charge is 0.0152 e. The van der Waals surface area contributed by atoms with Crippen LogP contribution in [0.4, 0.5) is 0 Å². The second kappa shape index (κ2) is 8.93. The zero-order valence-electron chi connectivity index (χ0n) is 18.1. The summed E-state index contributed by atoms with van der Waals surface area (Å²) in [7, 11) is 0. The number of thioether (sulfide) groups is 1. The van der Waals surface area contributed by atoms with Gasteiger partial charge < -0.3 is 5.73 Å². The molecule has 4 rings (SSSR count). The third-order valence-corrected chi connectivity index (χ3v) is 7.68. The zero-order valence-corrected chi connectivity index (χ0v) is 18.9. The molecule has 2 aromatic carbocycles. The average Bonchev–Trinajstić information content (AvgIpc) is 2.72. The van der Waals surface area contributed by atoms with Crippen molar-refractivity contribution >= 4 is 16.7 Å². The molecule has 1 nitrogen and oxygen atoms in total. The van der Waals surface area contributed by atoms with E-state index in [2.05, 4.69) is 62.6 Å². The van der Waals surface area contributed by atoms with Crippen LogP contribution >= 0.6 is 11.8 Å². The van der Waals surface area contributed by atoms with E-state index in [-0.39, 0.29) is 0 Å². The molecular weight excluding hydrogens is 370 g/mol. The molecule has 2 aromatic rings. The van der Waals surface area contributed by atoms with Crippen LogP contribution in [-0.2, 0) is 19.3 Å². The van der Waals surface area contributed by atoms with Crippen molar-refractivity contribution in [2.75, 3.05) is 6.54 Å². The molecule has 1 heterocycles. The highest BCUT2D eigenvalue weighted by Gasteiger charge is 2.18. The van der Waals surface area contributed by atoms with Gasteiger partial charge in [-0.25, -0.2) is 0 Å². The summed E-state index contributed by atoms with van der Waals surface area (Å²) in [5, 5.41) is 2.39. The number of nitrogens with two attached hydrogens (primary N) is 1. The Morgan fingerprint density at radius 2 is 1.86 bits per heavy atom. The van der Waals surface area contributed by atoms with Gasteiger partial charge in [-0.05, 0) is 109 Å². The largest absolute Gasteiger partial charge is 0.330 e. The fourth-order valence-corrected chi connectivity index (χ4v) is 5.67. The van der Waals surface area contributed by atoms with Crippen LogP contribution in [0.1, 0.15) is 71.0 Å². The summed E-state index contributed by atoms with van der Waals surface area (Å²) in [6.07, 6.45) is 9.42. The van der Waals surface area contributed by atoms with Crippen LogP contribution in [0, 0.1) is 13.8 Å². The Hall–Kier alpha value is -1.77. The second-order valence-electron chi connectivity index (χ2n) is 8.79. The van der Waals surface area contributed by atoms with Gasteiger partial charge in [-0.3, -0.25) is 0 Å². The first-order chi connectivity index (χ1) is 14.0. The number of fused-ring (bicyclic) bond motifs is 1.